The molecule has 1 aliphatic rings. The maximum atomic E-state index is 4.29. The predicted octanol–water partition coefficient (Wildman–Crippen LogP) is 3.13. The van der Waals surface area contributed by atoms with Crippen molar-refractivity contribution in [2.24, 2.45) is 0 Å². The minimum Gasteiger partial charge on any atom is -0.355 e. The Kier molecular flexibility index (Phi) is 3.31. The second-order valence-electron chi connectivity index (χ2n) is 4.97. The quantitative estimate of drug-likeness (QED) is 0.913. The molecule has 0 bridgehead atoms. The van der Waals surface area contributed by atoms with Crippen LogP contribution in [0.4, 0.5) is 17.3 Å². The van der Waals surface area contributed by atoms with Gasteiger partial charge in [0.25, 0.3) is 0 Å². The van der Waals surface area contributed by atoms with Crippen molar-refractivity contribution in [3.05, 3.63) is 42.0 Å². The summed E-state index contributed by atoms with van der Waals surface area (Å²) in [5, 5.41) is 11.8. The Labute approximate surface area is 113 Å². The Morgan fingerprint density at radius 1 is 1.05 bits per heavy atom. The lowest BCUT2D eigenvalue weighted by molar-refractivity contribution is 0.896. The lowest BCUT2D eigenvalue weighted by atomic mass is 10.2. The standard InChI is InChI=1S/C15H18N4/c1-12-5-4-6-13(11-12)16-14-7-8-15(18-17-14)19-9-2-3-10-19/h4-8,11H,2-3,9-10H2,1H3,(H,16,17). The summed E-state index contributed by atoms with van der Waals surface area (Å²) in [5.41, 5.74) is 2.27. The molecular weight excluding hydrogens is 236 g/mol. The molecule has 1 aromatic carbocycles. The van der Waals surface area contributed by atoms with Crippen molar-refractivity contribution in [1.29, 1.82) is 0 Å². The third kappa shape index (κ3) is 2.84. The molecule has 0 amide bonds. The Balaban J connectivity index is 1.72. The van der Waals surface area contributed by atoms with E-state index in [2.05, 4.69) is 39.5 Å². The summed E-state index contributed by atoms with van der Waals surface area (Å²) in [6.07, 6.45) is 2.51. The number of aromatic nitrogens is 2. The normalized spacial score (nSPS) is 14.7. The molecule has 1 N–H and O–H groups in total. The first kappa shape index (κ1) is 12.0. The molecule has 98 valence electrons. The smallest absolute Gasteiger partial charge is 0.153 e. The molecule has 0 unspecified atom stereocenters. The molecule has 2 heterocycles. The van der Waals surface area contributed by atoms with E-state index in [1.165, 1.54) is 18.4 Å². The summed E-state index contributed by atoms with van der Waals surface area (Å²) >= 11 is 0. The van der Waals surface area contributed by atoms with Gasteiger partial charge in [-0.25, -0.2) is 0 Å². The molecule has 4 heteroatoms. The molecule has 0 saturated carbocycles. The van der Waals surface area contributed by atoms with E-state index >= 15 is 0 Å². The van der Waals surface area contributed by atoms with Gasteiger partial charge in [-0.1, -0.05) is 12.1 Å². The molecular formula is C15H18N4. The summed E-state index contributed by atoms with van der Waals surface area (Å²) in [4.78, 5) is 2.28. The first-order valence-corrected chi connectivity index (χ1v) is 6.74. The maximum Gasteiger partial charge on any atom is 0.153 e. The Morgan fingerprint density at radius 3 is 2.58 bits per heavy atom. The molecule has 1 aliphatic heterocycles. The van der Waals surface area contributed by atoms with E-state index in [1.807, 2.05) is 24.3 Å². The lowest BCUT2D eigenvalue weighted by Gasteiger charge is -2.15. The fraction of sp³-hybridized carbons (Fsp3) is 0.333. The van der Waals surface area contributed by atoms with Crippen LogP contribution in [0.1, 0.15) is 18.4 Å². The SMILES string of the molecule is Cc1cccc(Nc2ccc(N3CCCC3)nn2)c1. The van der Waals surface area contributed by atoms with Gasteiger partial charge in [0.2, 0.25) is 0 Å². The monoisotopic (exact) mass is 254 g/mol. The number of hydrogen-bond acceptors (Lipinski definition) is 4. The van der Waals surface area contributed by atoms with Crippen molar-refractivity contribution in [3.8, 4) is 0 Å². The molecule has 2 aromatic rings. The van der Waals surface area contributed by atoms with Crippen LogP contribution in [0.5, 0.6) is 0 Å². The molecule has 3 rings (SSSR count). The molecule has 1 aromatic heterocycles. The summed E-state index contributed by atoms with van der Waals surface area (Å²) in [7, 11) is 0. The molecule has 0 radical (unpaired) electrons. The van der Waals surface area contributed by atoms with E-state index in [1.54, 1.807) is 0 Å². The number of rotatable bonds is 3. The van der Waals surface area contributed by atoms with Crippen LogP contribution in [0.25, 0.3) is 0 Å². The molecule has 1 saturated heterocycles. The second kappa shape index (κ2) is 5.26. The highest BCUT2D eigenvalue weighted by molar-refractivity contribution is 5.57. The van der Waals surface area contributed by atoms with Crippen LogP contribution in [-0.4, -0.2) is 23.3 Å². The third-order valence-corrected chi connectivity index (χ3v) is 3.37. The zero-order chi connectivity index (χ0) is 13.1. The molecule has 0 atom stereocenters. The van der Waals surface area contributed by atoms with Crippen LogP contribution in [0.15, 0.2) is 36.4 Å². The highest BCUT2D eigenvalue weighted by Crippen LogP contribution is 2.19. The van der Waals surface area contributed by atoms with Crippen molar-refractivity contribution in [1.82, 2.24) is 10.2 Å². The lowest BCUT2D eigenvalue weighted by Crippen LogP contribution is -2.19. The number of nitrogens with zero attached hydrogens (tertiary/aromatic N) is 3. The second-order valence-corrected chi connectivity index (χ2v) is 4.97. The Morgan fingerprint density at radius 2 is 1.89 bits per heavy atom. The summed E-state index contributed by atoms with van der Waals surface area (Å²) < 4.78 is 0. The van der Waals surface area contributed by atoms with Gasteiger partial charge in [-0.15, -0.1) is 10.2 Å². The van der Waals surface area contributed by atoms with Gasteiger partial charge in [0.1, 0.15) is 0 Å². The van der Waals surface area contributed by atoms with Gasteiger partial charge in [0.15, 0.2) is 11.6 Å². The zero-order valence-electron chi connectivity index (χ0n) is 11.1. The minimum atomic E-state index is 0.786. The molecule has 0 aliphatic carbocycles. The molecule has 1 fully saturated rings. The van der Waals surface area contributed by atoms with Crippen LogP contribution >= 0.6 is 0 Å². The topological polar surface area (TPSA) is 41.0 Å². The first-order chi connectivity index (χ1) is 9.31. The van der Waals surface area contributed by atoms with Gasteiger partial charge < -0.3 is 10.2 Å². The third-order valence-electron chi connectivity index (χ3n) is 3.37. The Hall–Kier alpha value is -2.10. The first-order valence-electron chi connectivity index (χ1n) is 6.74. The van der Waals surface area contributed by atoms with Crippen LogP contribution in [0.2, 0.25) is 0 Å². The van der Waals surface area contributed by atoms with E-state index in [9.17, 15) is 0 Å². The predicted molar refractivity (Wildman–Crippen MR) is 77.9 cm³/mol. The summed E-state index contributed by atoms with van der Waals surface area (Å²) in [5.74, 6) is 1.76. The number of nitrogens with one attached hydrogen (secondary N) is 1. The van der Waals surface area contributed by atoms with Gasteiger partial charge >= 0.3 is 0 Å². The highest BCUT2D eigenvalue weighted by Gasteiger charge is 2.13. The van der Waals surface area contributed by atoms with Gasteiger partial charge in [-0.05, 0) is 49.6 Å². The summed E-state index contributed by atoms with van der Waals surface area (Å²) in [6.45, 7) is 4.27. The van der Waals surface area contributed by atoms with E-state index in [4.69, 9.17) is 0 Å². The van der Waals surface area contributed by atoms with Gasteiger partial charge in [-0.2, -0.15) is 0 Å². The highest BCUT2D eigenvalue weighted by atomic mass is 15.3. The molecule has 4 nitrogen and oxygen atoms in total. The number of anilines is 3. The Bertz CT molecular complexity index is 544. The van der Waals surface area contributed by atoms with Crippen molar-refractivity contribution >= 4 is 17.3 Å². The average Bonchev–Trinajstić information content (AvgIpc) is 2.94. The van der Waals surface area contributed by atoms with Crippen molar-refractivity contribution in [3.63, 3.8) is 0 Å². The van der Waals surface area contributed by atoms with Crippen LogP contribution in [0.3, 0.4) is 0 Å². The summed E-state index contributed by atoms with van der Waals surface area (Å²) in [6, 6.07) is 12.3. The zero-order valence-corrected chi connectivity index (χ0v) is 11.1. The molecule has 19 heavy (non-hydrogen) atoms. The molecule has 0 spiro atoms. The fourth-order valence-corrected chi connectivity index (χ4v) is 2.38. The van der Waals surface area contributed by atoms with Gasteiger partial charge in [0, 0.05) is 18.8 Å². The van der Waals surface area contributed by atoms with Crippen LogP contribution < -0.4 is 10.2 Å². The largest absolute Gasteiger partial charge is 0.355 e. The fourth-order valence-electron chi connectivity index (χ4n) is 2.38. The minimum absolute atomic E-state index is 0.786. The van der Waals surface area contributed by atoms with Crippen molar-refractivity contribution < 1.29 is 0 Å². The van der Waals surface area contributed by atoms with Crippen LogP contribution in [-0.2, 0) is 0 Å². The van der Waals surface area contributed by atoms with Crippen molar-refractivity contribution in [2.75, 3.05) is 23.3 Å². The van der Waals surface area contributed by atoms with Crippen LogP contribution in [0, 0.1) is 6.92 Å². The van der Waals surface area contributed by atoms with Gasteiger partial charge in [-0.3, -0.25) is 0 Å². The van der Waals surface area contributed by atoms with Gasteiger partial charge in [0.05, 0.1) is 0 Å². The maximum absolute atomic E-state index is 4.29. The van der Waals surface area contributed by atoms with E-state index in [0.717, 1.165) is 30.4 Å². The van der Waals surface area contributed by atoms with E-state index in [0.29, 0.717) is 0 Å². The number of aryl methyl sites for hydroxylation is 1. The number of benzene rings is 1. The van der Waals surface area contributed by atoms with E-state index < -0.39 is 0 Å². The number of hydrogen-bond donors (Lipinski definition) is 1. The average molecular weight is 254 g/mol. The van der Waals surface area contributed by atoms with Crippen molar-refractivity contribution in [2.45, 2.75) is 19.8 Å². The van der Waals surface area contributed by atoms with E-state index in [-0.39, 0.29) is 0 Å².